The van der Waals surface area contributed by atoms with Gasteiger partial charge in [-0.25, -0.2) is 0 Å². The Kier molecular flexibility index (Phi) is 5.09. The van der Waals surface area contributed by atoms with E-state index in [0.717, 1.165) is 26.1 Å². The first-order valence-electron chi connectivity index (χ1n) is 8.75. The van der Waals surface area contributed by atoms with Crippen molar-refractivity contribution in [1.82, 2.24) is 0 Å². The van der Waals surface area contributed by atoms with E-state index in [1.165, 1.54) is 0 Å². The molecule has 3 aromatic rings. The lowest BCUT2D eigenvalue weighted by atomic mass is 10.0. The highest BCUT2D eigenvalue weighted by atomic mass is 127. The molecule has 4 nitrogen and oxygen atoms in total. The Bertz CT molecular complexity index is 1090. The van der Waals surface area contributed by atoms with E-state index in [1.807, 2.05) is 66.7 Å². The van der Waals surface area contributed by atoms with Gasteiger partial charge in [0.25, 0.3) is 0 Å². The third-order valence-corrected chi connectivity index (χ3v) is 5.42. The Hall–Kier alpha value is -2.80. The largest absolute Gasteiger partial charge is 0.493 e. The fourth-order valence-corrected chi connectivity index (χ4v) is 3.72. The SMILES string of the molecule is COc1ccc(C2=C(Nc3ccc(I)cc3)c3ccccc3C2=O)cc1OC. The lowest BCUT2D eigenvalue weighted by molar-refractivity contribution is 0.105. The molecule has 0 aromatic heterocycles. The van der Waals surface area contributed by atoms with E-state index in [2.05, 4.69) is 27.9 Å². The predicted octanol–water partition coefficient (Wildman–Crippen LogP) is 5.49. The van der Waals surface area contributed by atoms with Gasteiger partial charge >= 0.3 is 0 Å². The van der Waals surface area contributed by atoms with Gasteiger partial charge in [-0.05, 0) is 64.6 Å². The van der Waals surface area contributed by atoms with Crippen LogP contribution in [-0.4, -0.2) is 20.0 Å². The van der Waals surface area contributed by atoms with E-state index in [-0.39, 0.29) is 5.78 Å². The molecule has 4 rings (SSSR count). The summed E-state index contributed by atoms with van der Waals surface area (Å²) in [5.74, 6) is 1.21. The number of hydrogen-bond acceptors (Lipinski definition) is 4. The summed E-state index contributed by atoms with van der Waals surface area (Å²) in [5.41, 5.74) is 4.73. The Morgan fingerprint density at radius 2 is 1.50 bits per heavy atom. The van der Waals surface area contributed by atoms with Crippen molar-refractivity contribution in [2.45, 2.75) is 0 Å². The average Bonchev–Trinajstić information content (AvgIpc) is 3.01. The van der Waals surface area contributed by atoms with Crippen molar-refractivity contribution in [3.8, 4) is 11.5 Å². The van der Waals surface area contributed by atoms with Gasteiger partial charge < -0.3 is 14.8 Å². The number of ketones is 1. The van der Waals surface area contributed by atoms with Gasteiger partial charge in [0.05, 0.1) is 25.5 Å². The van der Waals surface area contributed by atoms with Crippen LogP contribution in [-0.2, 0) is 0 Å². The zero-order chi connectivity index (χ0) is 19.7. The molecule has 0 atom stereocenters. The molecule has 0 fully saturated rings. The molecule has 0 saturated carbocycles. The van der Waals surface area contributed by atoms with Crippen LogP contribution in [0.2, 0.25) is 0 Å². The molecule has 140 valence electrons. The molecule has 1 N–H and O–H groups in total. The third-order valence-electron chi connectivity index (χ3n) is 4.70. The fraction of sp³-hybridized carbons (Fsp3) is 0.0870. The molecule has 1 aliphatic carbocycles. The number of nitrogens with one attached hydrogen (secondary N) is 1. The summed E-state index contributed by atoms with van der Waals surface area (Å²) in [6.07, 6.45) is 0. The molecular weight excluding hydrogens is 465 g/mol. The van der Waals surface area contributed by atoms with Crippen LogP contribution in [0.4, 0.5) is 5.69 Å². The molecule has 0 unspecified atom stereocenters. The summed E-state index contributed by atoms with van der Waals surface area (Å²) >= 11 is 2.27. The van der Waals surface area contributed by atoms with Crippen LogP contribution in [0, 0.1) is 3.57 Å². The van der Waals surface area contributed by atoms with Crippen molar-refractivity contribution in [3.05, 3.63) is 87.0 Å². The smallest absolute Gasteiger partial charge is 0.196 e. The predicted molar refractivity (Wildman–Crippen MR) is 120 cm³/mol. The molecule has 5 heteroatoms. The number of fused-ring (bicyclic) bond motifs is 1. The minimum atomic E-state index is -0.00386. The summed E-state index contributed by atoms with van der Waals surface area (Å²) in [5, 5.41) is 3.45. The van der Waals surface area contributed by atoms with Crippen LogP contribution >= 0.6 is 22.6 Å². The van der Waals surface area contributed by atoms with Gasteiger partial charge in [0.2, 0.25) is 0 Å². The number of carbonyl (C=O) groups excluding carboxylic acids is 1. The van der Waals surface area contributed by atoms with Gasteiger partial charge in [0.15, 0.2) is 17.3 Å². The molecule has 0 radical (unpaired) electrons. The van der Waals surface area contributed by atoms with Crippen molar-refractivity contribution < 1.29 is 14.3 Å². The summed E-state index contributed by atoms with van der Waals surface area (Å²) < 4.78 is 11.9. The van der Waals surface area contributed by atoms with Crippen LogP contribution in [0.1, 0.15) is 21.5 Å². The average molecular weight is 483 g/mol. The van der Waals surface area contributed by atoms with E-state index < -0.39 is 0 Å². The maximum Gasteiger partial charge on any atom is 0.196 e. The lowest BCUT2D eigenvalue weighted by Gasteiger charge is -2.13. The first kappa shape index (κ1) is 18.6. The summed E-state index contributed by atoms with van der Waals surface area (Å²) in [7, 11) is 3.18. The van der Waals surface area contributed by atoms with Gasteiger partial charge in [-0.3, -0.25) is 4.79 Å². The summed E-state index contributed by atoms with van der Waals surface area (Å²) in [6.45, 7) is 0. The summed E-state index contributed by atoms with van der Waals surface area (Å²) in [6, 6.07) is 21.3. The Morgan fingerprint density at radius 1 is 0.821 bits per heavy atom. The fourth-order valence-electron chi connectivity index (χ4n) is 3.36. The molecule has 28 heavy (non-hydrogen) atoms. The van der Waals surface area contributed by atoms with Crippen LogP contribution < -0.4 is 14.8 Å². The number of Topliss-reactive ketones (excluding diaryl/α,β-unsaturated/α-hetero) is 1. The van der Waals surface area contributed by atoms with Gasteiger partial charge in [0.1, 0.15) is 0 Å². The van der Waals surface area contributed by atoms with E-state index in [0.29, 0.717) is 22.6 Å². The highest BCUT2D eigenvalue weighted by molar-refractivity contribution is 14.1. The van der Waals surface area contributed by atoms with E-state index >= 15 is 0 Å². The number of anilines is 1. The Balaban J connectivity index is 1.87. The lowest BCUT2D eigenvalue weighted by Crippen LogP contribution is -2.02. The Morgan fingerprint density at radius 3 is 2.18 bits per heavy atom. The van der Waals surface area contributed by atoms with Crippen molar-refractivity contribution in [2.75, 3.05) is 19.5 Å². The number of halogens is 1. The quantitative estimate of drug-likeness (QED) is 0.488. The molecule has 0 spiro atoms. The van der Waals surface area contributed by atoms with Gasteiger partial charge in [-0.2, -0.15) is 0 Å². The van der Waals surface area contributed by atoms with Gasteiger partial charge in [-0.1, -0.05) is 30.3 Å². The molecule has 0 aliphatic heterocycles. The molecule has 3 aromatic carbocycles. The van der Waals surface area contributed by atoms with Crippen LogP contribution in [0.3, 0.4) is 0 Å². The van der Waals surface area contributed by atoms with Crippen LogP contribution in [0.15, 0.2) is 66.7 Å². The molecule has 0 saturated heterocycles. The standard InChI is InChI=1S/C23H18INO3/c1-27-19-12-7-14(13-20(19)28-2)21-22(25-16-10-8-15(24)9-11-16)17-5-3-4-6-18(17)23(21)26/h3-13,25H,1-2H3. The number of benzene rings is 3. The maximum absolute atomic E-state index is 13.2. The number of rotatable bonds is 5. The minimum absolute atomic E-state index is 0.00386. The molecular formula is C23H18INO3. The highest BCUT2D eigenvalue weighted by Crippen LogP contribution is 2.41. The third kappa shape index (κ3) is 3.26. The van der Waals surface area contributed by atoms with Gasteiger partial charge in [-0.15, -0.1) is 0 Å². The second-order valence-corrected chi connectivity index (χ2v) is 7.57. The van der Waals surface area contributed by atoms with Gasteiger partial charge in [0, 0.05) is 20.4 Å². The normalized spacial score (nSPS) is 12.8. The highest BCUT2D eigenvalue weighted by Gasteiger charge is 2.31. The molecule has 1 aliphatic rings. The maximum atomic E-state index is 13.2. The topological polar surface area (TPSA) is 47.6 Å². The van der Waals surface area contributed by atoms with Crippen molar-refractivity contribution in [3.63, 3.8) is 0 Å². The second-order valence-electron chi connectivity index (χ2n) is 6.33. The monoisotopic (exact) mass is 483 g/mol. The van der Waals surface area contributed by atoms with E-state index in [9.17, 15) is 4.79 Å². The Labute approximate surface area is 177 Å². The number of hydrogen-bond donors (Lipinski definition) is 1. The van der Waals surface area contributed by atoms with Crippen molar-refractivity contribution >= 4 is 45.3 Å². The van der Waals surface area contributed by atoms with Crippen LogP contribution in [0.5, 0.6) is 11.5 Å². The number of allylic oxidation sites excluding steroid dienone is 1. The summed E-state index contributed by atoms with van der Waals surface area (Å²) in [4.78, 5) is 13.2. The minimum Gasteiger partial charge on any atom is -0.493 e. The van der Waals surface area contributed by atoms with E-state index in [4.69, 9.17) is 9.47 Å². The zero-order valence-electron chi connectivity index (χ0n) is 15.5. The molecule has 0 heterocycles. The first-order chi connectivity index (χ1) is 13.6. The molecule has 0 bridgehead atoms. The number of carbonyl (C=O) groups is 1. The van der Waals surface area contributed by atoms with E-state index in [1.54, 1.807) is 14.2 Å². The van der Waals surface area contributed by atoms with Crippen molar-refractivity contribution in [2.24, 2.45) is 0 Å². The van der Waals surface area contributed by atoms with Crippen molar-refractivity contribution in [1.29, 1.82) is 0 Å². The second kappa shape index (κ2) is 7.67. The van der Waals surface area contributed by atoms with Crippen LogP contribution in [0.25, 0.3) is 11.3 Å². The first-order valence-corrected chi connectivity index (χ1v) is 9.83. The number of methoxy groups -OCH3 is 2. The zero-order valence-corrected chi connectivity index (χ0v) is 17.6. The number of ether oxygens (including phenoxy) is 2. The molecule has 0 amide bonds.